The standard InChI is InChI=1S/C47H90O6/c1-5-7-9-11-13-15-17-18-19-20-21-22-24-26-32-36-40-47(50)53-44(42-52-46(49)39-35-31-28-27-29-33-37-43(3)4)41-51-45(48)38-34-30-25-23-16-14-12-10-8-6-2/h43-44H,5-42H2,1-4H3/t44-/m1/s1. The van der Waals surface area contributed by atoms with E-state index in [4.69, 9.17) is 14.2 Å². The van der Waals surface area contributed by atoms with Crippen LogP contribution in [0, 0.1) is 5.92 Å². The van der Waals surface area contributed by atoms with Crippen molar-refractivity contribution < 1.29 is 28.6 Å². The molecule has 0 saturated carbocycles. The van der Waals surface area contributed by atoms with Crippen LogP contribution < -0.4 is 0 Å². The van der Waals surface area contributed by atoms with E-state index in [0.717, 1.165) is 63.7 Å². The highest BCUT2D eigenvalue weighted by Crippen LogP contribution is 2.16. The van der Waals surface area contributed by atoms with Gasteiger partial charge in [-0.1, -0.05) is 220 Å². The summed E-state index contributed by atoms with van der Waals surface area (Å²) in [7, 11) is 0. The van der Waals surface area contributed by atoms with Crippen molar-refractivity contribution in [2.45, 2.75) is 265 Å². The number of unbranched alkanes of at least 4 members (excludes halogenated alkanes) is 29. The van der Waals surface area contributed by atoms with Gasteiger partial charge in [0.05, 0.1) is 0 Å². The van der Waals surface area contributed by atoms with Crippen LogP contribution in [-0.4, -0.2) is 37.2 Å². The zero-order chi connectivity index (χ0) is 38.9. The summed E-state index contributed by atoms with van der Waals surface area (Å²) in [5.41, 5.74) is 0. The van der Waals surface area contributed by atoms with Crippen LogP contribution in [0.15, 0.2) is 0 Å². The smallest absolute Gasteiger partial charge is 0.306 e. The lowest BCUT2D eigenvalue weighted by atomic mass is 10.0. The Bertz CT molecular complexity index is 796. The van der Waals surface area contributed by atoms with Crippen LogP contribution in [-0.2, 0) is 28.6 Å². The molecule has 0 aromatic rings. The average Bonchev–Trinajstić information content (AvgIpc) is 3.14. The second kappa shape index (κ2) is 41.6. The maximum Gasteiger partial charge on any atom is 0.306 e. The van der Waals surface area contributed by atoms with E-state index in [1.54, 1.807) is 0 Å². The molecule has 6 heteroatoms. The van der Waals surface area contributed by atoms with Crippen molar-refractivity contribution in [2.75, 3.05) is 13.2 Å². The molecule has 314 valence electrons. The molecule has 53 heavy (non-hydrogen) atoms. The normalized spacial score (nSPS) is 11.9. The SMILES string of the molecule is CCCCCCCCCCCCCCCCCCC(=O)O[C@H](COC(=O)CCCCCCCCCCCC)COC(=O)CCCCCCCCC(C)C. The Labute approximate surface area is 329 Å². The third-order valence-electron chi connectivity index (χ3n) is 10.5. The van der Waals surface area contributed by atoms with Gasteiger partial charge in [-0.25, -0.2) is 0 Å². The van der Waals surface area contributed by atoms with Gasteiger partial charge in [0, 0.05) is 19.3 Å². The molecule has 0 amide bonds. The fraction of sp³-hybridized carbons (Fsp3) is 0.936. The van der Waals surface area contributed by atoms with Crippen molar-refractivity contribution in [3.05, 3.63) is 0 Å². The summed E-state index contributed by atoms with van der Waals surface area (Å²) in [6.07, 6.45) is 41.0. The zero-order valence-electron chi connectivity index (χ0n) is 36.0. The minimum Gasteiger partial charge on any atom is -0.462 e. The van der Waals surface area contributed by atoms with Gasteiger partial charge < -0.3 is 14.2 Å². The molecule has 0 aromatic heterocycles. The molecule has 0 heterocycles. The molecule has 0 aliphatic heterocycles. The number of carbonyl (C=O) groups is 3. The number of hydrogen-bond acceptors (Lipinski definition) is 6. The Hall–Kier alpha value is -1.59. The first-order valence-electron chi connectivity index (χ1n) is 23.4. The van der Waals surface area contributed by atoms with E-state index in [2.05, 4.69) is 27.7 Å². The number of esters is 3. The molecule has 0 aliphatic carbocycles. The van der Waals surface area contributed by atoms with E-state index >= 15 is 0 Å². The van der Waals surface area contributed by atoms with Crippen LogP contribution in [0.3, 0.4) is 0 Å². The van der Waals surface area contributed by atoms with E-state index in [-0.39, 0.29) is 31.1 Å². The molecular formula is C47H90O6. The molecule has 1 atom stereocenters. The molecule has 0 bridgehead atoms. The van der Waals surface area contributed by atoms with E-state index < -0.39 is 6.10 Å². The molecule has 0 fully saturated rings. The summed E-state index contributed by atoms with van der Waals surface area (Å²) >= 11 is 0. The first kappa shape index (κ1) is 51.4. The largest absolute Gasteiger partial charge is 0.462 e. The van der Waals surface area contributed by atoms with E-state index in [1.807, 2.05) is 0 Å². The van der Waals surface area contributed by atoms with Gasteiger partial charge in [0.1, 0.15) is 13.2 Å². The molecule has 0 unspecified atom stereocenters. The third kappa shape index (κ3) is 41.4. The quantitative estimate of drug-likeness (QED) is 0.0351. The molecule has 0 saturated heterocycles. The van der Waals surface area contributed by atoms with E-state index in [9.17, 15) is 14.4 Å². The summed E-state index contributed by atoms with van der Waals surface area (Å²) in [5.74, 6) is -0.0946. The Balaban J connectivity index is 4.28. The lowest BCUT2D eigenvalue weighted by molar-refractivity contribution is -0.167. The number of ether oxygens (including phenoxy) is 3. The second-order valence-electron chi connectivity index (χ2n) is 16.5. The predicted molar refractivity (Wildman–Crippen MR) is 224 cm³/mol. The van der Waals surface area contributed by atoms with Crippen molar-refractivity contribution in [3.8, 4) is 0 Å². The minimum atomic E-state index is -0.759. The zero-order valence-corrected chi connectivity index (χ0v) is 36.0. The van der Waals surface area contributed by atoms with Crippen LogP contribution in [0.25, 0.3) is 0 Å². The predicted octanol–water partition coefficient (Wildman–Crippen LogP) is 14.7. The van der Waals surface area contributed by atoms with Gasteiger partial charge in [0.15, 0.2) is 6.10 Å². The summed E-state index contributed by atoms with van der Waals surface area (Å²) < 4.78 is 16.7. The monoisotopic (exact) mass is 751 g/mol. The second-order valence-corrected chi connectivity index (χ2v) is 16.5. The molecule has 0 spiro atoms. The van der Waals surface area contributed by atoms with Crippen molar-refractivity contribution in [2.24, 2.45) is 5.92 Å². The van der Waals surface area contributed by atoms with Crippen LogP contribution >= 0.6 is 0 Å². The summed E-state index contributed by atoms with van der Waals surface area (Å²) in [6.45, 7) is 8.92. The van der Waals surface area contributed by atoms with E-state index in [0.29, 0.717) is 19.3 Å². The highest BCUT2D eigenvalue weighted by Gasteiger charge is 2.19. The van der Waals surface area contributed by atoms with Gasteiger partial charge in [-0.15, -0.1) is 0 Å². The van der Waals surface area contributed by atoms with Gasteiger partial charge in [0.25, 0.3) is 0 Å². The fourth-order valence-electron chi connectivity index (χ4n) is 6.98. The van der Waals surface area contributed by atoms with Crippen molar-refractivity contribution in [1.29, 1.82) is 0 Å². The van der Waals surface area contributed by atoms with Gasteiger partial charge >= 0.3 is 17.9 Å². The minimum absolute atomic E-state index is 0.0645. The van der Waals surface area contributed by atoms with Gasteiger partial charge in [-0.2, -0.15) is 0 Å². The highest BCUT2D eigenvalue weighted by atomic mass is 16.6. The van der Waals surface area contributed by atoms with Gasteiger partial charge in [-0.05, 0) is 25.2 Å². The Morgan fingerprint density at radius 1 is 0.358 bits per heavy atom. The lowest BCUT2D eigenvalue weighted by Crippen LogP contribution is -2.30. The summed E-state index contributed by atoms with van der Waals surface area (Å²) in [6, 6.07) is 0. The molecule has 0 radical (unpaired) electrons. The summed E-state index contributed by atoms with van der Waals surface area (Å²) in [5, 5.41) is 0. The van der Waals surface area contributed by atoms with Crippen molar-refractivity contribution in [1.82, 2.24) is 0 Å². The Kier molecular flexibility index (Phi) is 40.3. The van der Waals surface area contributed by atoms with Crippen molar-refractivity contribution >= 4 is 17.9 Å². The van der Waals surface area contributed by atoms with Crippen LogP contribution in [0.4, 0.5) is 0 Å². The Morgan fingerprint density at radius 2 is 0.623 bits per heavy atom. The molecule has 0 aromatic carbocycles. The fourth-order valence-corrected chi connectivity index (χ4v) is 6.98. The highest BCUT2D eigenvalue weighted by molar-refractivity contribution is 5.71. The maximum atomic E-state index is 12.7. The van der Waals surface area contributed by atoms with Crippen LogP contribution in [0.1, 0.15) is 259 Å². The number of hydrogen-bond donors (Lipinski definition) is 0. The molecule has 0 aliphatic rings. The van der Waals surface area contributed by atoms with Crippen LogP contribution in [0.5, 0.6) is 0 Å². The Morgan fingerprint density at radius 3 is 0.925 bits per heavy atom. The van der Waals surface area contributed by atoms with E-state index in [1.165, 1.54) is 154 Å². The lowest BCUT2D eigenvalue weighted by Gasteiger charge is -2.18. The topological polar surface area (TPSA) is 78.9 Å². The third-order valence-corrected chi connectivity index (χ3v) is 10.5. The van der Waals surface area contributed by atoms with Crippen molar-refractivity contribution in [3.63, 3.8) is 0 Å². The number of carbonyl (C=O) groups excluding carboxylic acids is 3. The van der Waals surface area contributed by atoms with Gasteiger partial charge in [0.2, 0.25) is 0 Å². The molecule has 0 N–H and O–H groups in total. The average molecular weight is 751 g/mol. The first-order valence-corrected chi connectivity index (χ1v) is 23.4. The summed E-state index contributed by atoms with van der Waals surface area (Å²) in [4.78, 5) is 37.7. The maximum absolute atomic E-state index is 12.7. The van der Waals surface area contributed by atoms with Gasteiger partial charge in [-0.3, -0.25) is 14.4 Å². The molecular weight excluding hydrogens is 661 g/mol. The number of rotatable bonds is 42. The molecule has 0 rings (SSSR count). The van der Waals surface area contributed by atoms with Crippen LogP contribution in [0.2, 0.25) is 0 Å². The first-order chi connectivity index (χ1) is 25.9. The molecule has 6 nitrogen and oxygen atoms in total.